The normalized spacial score (nSPS) is 8.88. The molecule has 0 aliphatic heterocycles. The van der Waals surface area contributed by atoms with Gasteiger partial charge in [0.25, 0.3) is 0 Å². The van der Waals surface area contributed by atoms with Crippen molar-refractivity contribution < 1.29 is 9.53 Å². The van der Waals surface area contributed by atoms with E-state index in [1.165, 1.54) is 6.92 Å². The molecule has 0 heterocycles. The molecule has 0 atom stereocenters. The quantitative estimate of drug-likeness (QED) is 0.412. The van der Waals surface area contributed by atoms with Crippen molar-refractivity contribution in [1.29, 1.82) is 0 Å². The molecule has 0 aromatic carbocycles. The molecule has 0 aliphatic carbocycles. The lowest BCUT2D eigenvalue weighted by Gasteiger charge is -1.94. The van der Waals surface area contributed by atoms with Gasteiger partial charge in [-0.1, -0.05) is 36.7 Å². The topological polar surface area (TPSA) is 26.3 Å². The lowest BCUT2D eigenvalue weighted by molar-refractivity contribution is -0.140. The van der Waals surface area contributed by atoms with Crippen molar-refractivity contribution >= 4 is 5.97 Å². The van der Waals surface area contributed by atoms with Crippen molar-refractivity contribution in [3.05, 3.63) is 12.2 Å². The van der Waals surface area contributed by atoms with E-state index in [0.717, 1.165) is 12.8 Å². The van der Waals surface area contributed by atoms with E-state index >= 15 is 0 Å². The first-order valence-electron chi connectivity index (χ1n) is 5.49. The van der Waals surface area contributed by atoms with Crippen LogP contribution in [0.1, 0.15) is 39.5 Å². The van der Waals surface area contributed by atoms with Crippen LogP contribution in [0.3, 0.4) is 0 Å². The van der Waals surface area contributed by atoms with E-state index < -0.39 is 0 Å². The Balaban J connectivity index is 3.48. The number of hydrogen-bond acceptors (Lipinski definition) is 2. The number of hydrogen-bond donors (Lipinski definition) is 0. The summed E-state index contributed by atoms with van der Waals surface area (Å²) >= 11 is 0. The fraction of sp³-hybridized carbons (Fsp3) is 0.500. The third kappa shape index (κ3) is 12.3. The average Bonchev–Trinajstić information content (AvgIpc) is 2.25. The van der Waals surface area contributed by atoms with Crippen molar-refractivity contribution in [1.82, 2.24) is 0 Å². The molecular formula is C14H18O2. The average molecular weight is 218 g/mol. The highest BCUT2D eigenvalue weighted by Gasteiger charge is 1.87. The lowest BCUT2D eigenvalue weighted by Crippen LogP contribution is -1.98. The molecular weight excluding hydrogens is 200 g/mol. The molecule has 0 aromatic heterocycles. The van der Waals surface area contributed by atoms with Crippen LogP contribution < -0.4 is 0 Å². The minimum atomic E-state index is -0.257. The van der Waals surface area contributed by atoms with E-state index in [4.69, 9.17) is 4.74 Å². The maximum Gasteiger partial charge on any atom is 0.302 e. The van der Waals surface area contributed by atoms with Gasteiger partial charge in [-0.2, -0.15) is 0 Å². The summed E-state index contributed by atoms with van der Waals surface area (Å²) in [6.07, 6.45) is 7.09. The number of carbonyl (C=O) groups is 1. The first kappa shape index (κ1) is 14.3. The highest BCUT2D eigenvalue weighted by molar-refractivity contribution is 5.65. The molecule has 0 rings (SSSR count). The predicted octanol–water partition coefficient (Wildman–Crippen LogP) is 2.69. The molecule has 0 radical (unpaired) electrons. The zero-order valence-electron chi connectivity index (χ0n) is 10.0. The van der Waals surface area contributed by atoms with Crippen LogP contribution >= 0.6 is 0 Å². The van der Waals surface area contributed by atoms with Gasteiger partial charge >= 0.3 is 5.97 Å². The Morgan fingerprint density at radius 2 is 2.06 bits per heavy atom. The third-order valence-electron chi connectivity index (χ3n) is 1.56. The van der Waals surface area contributed by atoms with E-state index in [0.29, 0.717) is 19.4 Å². The smallest absolute Gasteiger partial charge is 0.302 e. The van der Waals surface area contributed by atoms with E-state index in [1.54, 1.807) is 0 Å². The van der Waals surface area contributed by atoms with Crippen LogP contribution in [0.4, 0.5) is 0 Å². The highest BCUT2D eigenvalue weighted by atomic mass is 16.5. The van der Waals surface area contributed by atoms with Crippen molar-refractivity contribution in [2.24, 2.45) is 0 Å². The summed E-state index contributed by atoms with van der Waals surface area (Å²) < 4.78 is 4.73. The van der Waals surface area contributed by atoms with Gasteiger partial charge in [0.15, 0.2) is 0 Å². The zero-order valence-corrected chi connectivity index (χ0v) is 10.0. The molecule has 0 fully saturated rings. The molecule has 2 nitrogen and oxygen atoms in total. The van der Waals surface area contributed by atoms with Crippen LogP contribution in [0, 0.1) is 23.7 Å². The van der Waals surface area contributed by atoms with Gasteiger partial charge in [0.1, 0.15) is 6.61 Å². The summed E-state index contributed by atoms with van der Waals surface area (Å²) in [5.74, 6) is 11.6. The Hall–Kier alpha value is -1.67. The fourth-order valence-electron chi connectivity index (χ4n) is 0.839. The molecule has 86 valence electrons. The van der Waals surface area contributed by atoms with Crippen LogP contribution in [-0.2, 0) is 9.53 Å². The lowest BCUT2D eigenvalue weighted by atomic mass is 10.3. The predicted molar refractivity (Wildman–Crippen MR) is 65.5 cm³/mol. The van der Waals surface area contributed by atoms with Crippen LogP contribution in [-0.4, -0.2) is 12.6 Å². The number of allylic oxidation sites excluding steroid dienone is 2. The monoisotopic (exact) mass is 218 g/mol. The van der Waals surface area contributed by atoms with Gasteiger partial charge in [-0.05, 0) is 12.5 Å². The van der Waals surface area contributed by atoms with Gasteiger partial charge in [-0.25, -0.2) is 0 Å². The minimum Gasteiger partial charge on any atom is -0.465 e. The van der Waals surface area contributed by atoms with Crippen LogP contribution in [0.25, 0.3) is 0 Å². The number of esters is 1. The Labute approximate surface area is 98.1 Å². The number of rotatable bonds is 4. The Kier molecular flexibility index (Phi) is 10.2. The van der Waals surface area contributed by atoms with Crippen LogP contribution in [0.2, 0.25) is 0 Å². The molecule has 16 heavy (non-hydrogen) atoms. The van der Waals surface area contributed by atoms with Crippen LogP contribution in [0.15, 0.2) is 12.2 Å². The van der Waals surface area contributed by atoms with E-state index in [1.807, 2.05) is 12.2 Å². The second-order valence-corrected chi connectivity index (χ2v) is 3.12. The minimum absolute atomic E-state index is 0.257. The summed E-state index contributed by atoms with van der Waals surface area (Å²) in [6, 6.07) is 0. The van der Waals surface area contributed by atoms with Crippen molar-refractivity contribution in [3.63, 3.8) is 0 Å². The van der Waals surface area contributed by atoms with Crippen molar-refractivity contribution in [2.75, 3.05) is 6.61 Å². The molecule has 0 amide bonds. The molecule has 0 bridgehead atoms. The maximum atomic E-state index is 10.4. The molecule has 2 heteroatoms. The van der Waals surface area contributed by atoms with E-state index in [2.05, 4.69) is 30.6 Å². The first-order chi connectivity index (χ1) is 7.77. The number of ether oxygens (including phenoxy) is 1. The molecule has 0 spiro atoms. The van der Waals surface area contributed by atoms with E-state index in [9.17, 15) is 4.79 Å². The second-order valence-electron chi connectivity index (χ2n) is 3.12. The molecule has 0 saturated heterocycles. The van der Waals surface area contributed by atoms with Crippen molar-refractivity contribution in [3.8, 4) is 23.7 Å². The Morgan fingerprint density at radius 3 is 2.75 bits per heavy atom. The second kappa shape index (κ2) is 11.4. The van der Waals surface area contributed by atoms with E-state index in [-0.39, 0.29) is 5.97 Å². The Bertz CT molecular complexity index is 331. The van der Waals surface area contributed by atoms with Gasteiger partial charge in [0.05, 0.1) is 0 Å². The summed E-state index contributed by atoms with van der Waals surface area (Å²) in [6.45, 7) is 3.88. The summed E-state index contributed by atoms with van der Waals surface area (Å²) in [4.78, 5) is 10.4. The SMILES string of the molecule is CCCC#C/C=C/CC#CCCOC(C)=O. The van der Waals surface area contributed by atoms with Gasteiger partial charge in [-0.15, -0.1) is 0 Å². The van der Waals surface area contributed by atoms with Crippen molar-refractivity contribution in [2.45, 2.75) is 39.5 Å². The van der Waals surface area contributed by atoms with Gasteiger partial charge in [0.2, 0.25) is 0 Å². The third-order valence-corrected chi connectivity index (χ3v) is 1.56. The van der Waals surface area contributed by atoms with Gasteiger partial charge in [-0.3, -0.25) is 4.79 Å². The number of carbonyl (C=O) groups excluding carboxylic acids is 1. The number of unbranched alkanes of at least 4 members (excludes halogenated alkanes) is 1. The first-order valence-corrected chi connectivity index (χ1v) is 5.49. The largest absolute Gasteiger partial charge is 0.465 e. The van der Waals surface area contributed by atoms with Gasteiger partial charge < -0.3 is 4.74 Å². The molecule has 0 unspecified atom stereocenters. The molecule has 0 aliphatic rings. The zero-order chi connectivity index (χ0) is 12.1. The molecule has 0 saturated carbocycles. The highest BCUT2D eigenvalue weighted by Crippen LogP contribution is 1.85. The van der Waals surface area contributed by atoms with Gasteiger partial charge in [0, 0.05) is 26.2 Å². The summed E-state index contributed by atoms with van der Waals surface area (Å²) in [5.41, 5.74) is 0. The van der Waals surface area contributed by atoms with Crippen LogP contribution in [0.5, 0.6) is 0 Å². The maximum absolute atomic E-state index is 10.4. The fourth-order valence-corrected chi connectivity index (χ4v) is 0.839. The standard InChI is InChI=1S/C14H18O2/c1-3-4-5-6-7-8-9-10-11-12-13-16-14(2)15/h7-8H,3-4,9,12-13H2,1-2H3/b8-7+. The summed E-state index contributed by atoms with van der Waals surface area (Å²) in [5, 5.41) is 0. The molecule has 0 N–H and O–H groups in total. The Morgan fingerprint density at radius 1 is 1.25 bits per heavy atom. The summed E-state index contributed by atoms with van der Waals surface area (Å²) in [7, 11) is 0. The molecule has 0 aromatic rings.